The van der Waals surface area contributed by atoms with Crippen LogP contribution in [0.3, 0.4) is 0 Å². The van der Waals surface area contributed by atoms with Crippen molar-refractivity contribution >= 4 is 26.7 Å². The second-order valence-electron chi connectivity index (χ2n) is 7.13. The highest BCUT2D eigenvalue weighted by Gasteiger charge is 2.31. The van der Waals surface area contributed by atoms with E-state index >= 15 is 0 Å². The molecule has 0 aliphatic heterocycles. The fourth-order valence-corrected chi connectivity index (χ4v) is 3.62. The lowest BCUT2D eigenvalue weighted by molar-refractivity contribution is -0.148. The molecule has 1 heterocycles. The summed E-state index contributed by atoms with van der Waals surface area (Å²) >= 11 is 0. The number of H-pyrrole nitrogens is 1. The monoisotopic (exact) mass is 385 g/mol. The summed E-state index contributed by atoms with van der Waals surface area (Å²) in [4.78, 5) is 15.9. The van der Waals surface area contributed by atoms with Crippen molar-refractivity contribution in [1.29, 1.82) is 0 Å². The van der Waals surface area contributed by atoms with Crippen molar-refractivity contribution in [3.63, 3.8) is 0 Å². The van der Waals surface area contributed by atoms with Gasteiger partial charge in [0.2, 0.25) is 0 Å². The lowest BCUT2D eigenvalue weighted by atomic mass is 9.84. The lowest BCUT2D eigenvalue weighted by Crippen LogP contribution is -2.31. The van der Waals surface area contributed by atoms with Crippen LogP contribution in [-0.4, -0.2) is 32.2 Å². The number of sulfone groups is 1. The van der Waals surface area contributed by atoms with Gasteiger partial charge in [0, 0.05) is 22.9 Å². The summed E-state index contributed by atoms with van der Waals surface area (Å²) in [6.07, 6.45) is 1.19. The molecule has 142 valence electrons. The summed E-state index contributed by atoms with van der Waals surface area (Å²) in [5.74, 6) is -0.253. The van der Waals surface area contributed by atoms with E-state index in [9.17, 15) is 13.2 Å². The number of aromatic nitrogens is 1. The maximum Gasteiger partial charge on any atom is 0.315 e. The Balaban J connectivity index is 1.98. The Bertz CT molecular complexity index is 1090. The molecule has 0 bridgehead atoms. The van der Waals surface area contributed by atoms with Crippen molar-refractivity contribution in [2.75, 3.05) is 12.9 Å². The first-order valence-electron chi connectivity index (χ1n) is 8.74. The number of ether oxygens (including phenoxy) is 1. The third-order valence-corrected chi connectivity index (χ3v) is 5.85. The molecule has 6 heteroatoms. The van der Waals surface area contributed by atoms with Crippen LogP contribution in [0.15, 0.2) is 53.4 Å². The number of carbonyl (C=O) groups is 1. The van der Waals surface area contributed by atoms with Crippen LogP contribution in [0.4, 0.5) is 0 Å². The molecular weight excluding hydrogens is 362 g/mol. The number of fused-ring (bicyclic) bond motifs is 1. The summed E-state index contributed by atoms with van der Waals surface area (Å²) in [6, 6.07) is 14.6. The number of hydrogen-bond acceptors (Lipinski definition) is 4. The van der Waals surface area contributed by atoms with E-state index in [4.69, 9.17) is 4.74 Å². The molecule has 0 fully saturated rings. The molecule has 5 nitrogen and oxygen atoms in total. The summed E-state index contributed by atoms with van der Waals surface area (Å²) < 4.78 is 28.4. The molecule has 0 unspecified atom stereocenters. The van der Waals surface area contributed by atoms with Gasteiger partial charge in [0.05, 0.1) is 16.9 Å². The molecule has 1 N–H and O–H groups in total. The minimum Gasteiger partial charge on any atom is -0.465 e. The van der Waals surface area contributed by atoms with E-state index < -0.39 is 15.3 Å². The van der Waals surface area contributed by atoms with Gasteiger partial charge in [0.1, 0.15) is 0 Å². The van der Waals surface area contributed by atoms with Crippen molar-refractivity contribution in [1.82, 2.24) is 4.98 Å². The average molecular weight is 385 g/mol. The van der Waals surface area contributed by atoms with Gasteiger partial charge in [-0.2, -0.15) is 0 Å². The second kappa shape index (κ2) is 6.85. The molecule has 2 aromatic carbocycles. The van der Waals surface area contributed by atoms with Crippen LogP contribution in [0.1, 0.15) is 26.3 Å². The molecule has 0 saturated heterocycles. The molecule has 3 rings (SSSR count). The van der Waals surface area contributed by atoms with Crippen LogP contribution in [-0.2, 0) is 24.8 Å². The Kier molecular flexibility index (Phi) is 4.86. The van der Waals surface area contributed by atoms with Crippen molar-refractivity contribution in [3.05, 3.63) is 54.1 Å². The smallest absolute Gasteiger partial charge is 0.315 e. The minimum atomic E-state index is -3.22. The molecule has 0 saturated carbocycles. The average Bonchev–Trinajstić information content (AvgIpc) is 3.04. The van der Waals surface area contributed by atoms with Gasteiger partial charge in [-0.25, -0.2) is 8.42 Å². The fraction of sp³-hybridized carbons (Fsp3) is 0.286. The molecule has 0 atom stereocenters. The van der Waals surface area contributed by atoms with Crippen molar-refractivity contribution in [2.45, 2.75) is 31.1 Å². The van der Waals surface area contributed by atoms with Gasteiger partial charge in [-0.15, -0.1) is 0 Å². The van der Waals surface area contributed by atoms with Crippen molar-refractivity contribution < 1.29 is 17.9 Å². The molecule has 0 aliphatic carbocycles. The molecular formula is C21H23NO4S. The molecule has 1 aromatic heterocycles. The first kappa shape index (κ1) is 19.2. The Morgan fingerprint density at radius 2 is 1.74 bits per heavy atom. The molecule has 0 aliphatic rings. The normalized spacial score (nSPS) is 12.3. The lowest BCUT2D eigenvalue weighted by Gasteiger charge is -2.22. The molecule has 3 aromatic rings. The first-order chi connectivity index (χ1) is 12.6. The highest BCUT2D eigenvalue weighted by atomic mass is 32.2. The van der Waals surface area contributed by atoms with Crippen LogP contribution in [0, 0.1) is 0 Å². The van der Waals surface area contributed by atoms with Crippen LogP contribution in [0.2, 0.25) is 0 Å². The van der Waals surface area contributed by atoms with Gasteiger partial charge < -0.3 is 9.72 Å². The highest BCUT2D eigenvalue weighted by molar-refractivity contribution is 7.90. The maximum atomic E-state index is 12.3. The number of benzene rings is 2. The van der Waals surface area contributed by atoms with Crippen LogP contribution in [0.25, 0.3) is 22.2 Å². The molecule has 27 heavy (non-hydrogen) atoms. The zero-order valence-corrected chi connectivity index (χ0v) is 16.7. The van der Waals surface area contributed by atoms with Crippen LogP contribution >= 0.6 is 0 Å². The van der Waals surface area contributed by atoms with E-state index in [1.165, 1.54) is 6.26 Å². The highest BCUT2D eigenvalue weighted by Crippen LogP contribution is 2.31. The Hall–Kier alpha value is -2.60. The third kappa shape index (κ3) is 3.76. The van der Waals surface area contributed by atoms with E-state index in [0.29, 0.717) is 11.5 Å². The van der Waals surface area contributed by atoms with Gasteiger partial charge in [0.15, 0.2) is 9.84 Å². The number of rotatable bonds is 5. The van der Waals surface area contributed by atoms with E-state index in [-0.39, 0.29) is 5.97 Å². The number of aromatic amines is 1. The molecule has 0 spiro atoms. The second-order valence-corrected chi connectivity index (χ2v) is 9.14. The Morgan fingerprint density at radius 3 is 2.33 bits per heavy atom. The predicted octanol–water partition coefficient (Wildman–Crippen LogP) is 4.08. The summed E-state index contributed by atoms with van der Waals surface area (Å²) in [5, 5.41) is 0.979. The summed E-state index contributed by atoms with van der Waals surface area (Å²) in [5.41, 5.74) is 2.87. The standard InChI is InChI=1S/C21H23NO4S/c1-5-26-20(23)21(2,3)16-8-11-18-15(12-16)13-19(22-18)14-6-9-17(10-7-14)27(4,24)25/h6-13,22H,5H2,1-4H3. The SMILES string of the molecule is CCOC(=O)C(C)(C)c1ccc2[nH]c(-c3ccc(S(C)(=O)=O)cc3)cc2c1. The van der Waals surface area contributed by atoms with Gasteiger partial charge in [0.25, 0.3) is 0 Å². The maximum absolute atomic E-state index is 12.3. The number of nitrogens with one attached hydrogen (secondary N) is 1. The number of carbonyl (C=O) groups excluding carboxylic acids is 1. The van der Waals surface area contributed by atoms with Crippen molar-refractivity contribution in [2.24, 2.45) is 0 Å². The van der Waals surface area contributed by atoms with Crippen LogP contribution in [0.5, 0.6) is 0 Å². The summed E-state index contributed by atoms with van der Waals surface area (Å²) in [6.45, 7) is 5.85. The zero-order chi connectivity index (χ0) is 19.8. The van der Waals surface area contributed by atoms with Crippen LogP contribution < -0.4 is 0 Å². The van der Waals surface area contributed by atoms with Gasteiger partial charge in [-0.05, 0) is 62.2 Å². The van der Waals surface area contributed by atoms with Gasteiger partial charge >= 0.3 is 5.97 Å². The fourth-order valence-electron chi connectivity index (χ4n) is 2.99. The van der Waals surface area contributed by atoms with E-state index in [2.05, 4.69) is 4.98 Å². The quantitative estimate of drug-likeness (QED) is 0.672. The van der Waals surface area contributed by atoms with Gasteiger partial charge in [-0.3, -0.25) is 4.79 Å². The predicted molar refractivity (Wildman–Crippen MR) is 107 cm³/mol. The molecule has 0 amide bonds. The van der Waals surface area contributed by atoms with E-state index in [1.807, 2.05) is 38.1 Å². The third-order valence-electron chi connectivity index (χ3n) is 4.72. The summed E-state index contributed by atoms with van der Waals surface area (Å²) in [7, 11) is -3.22. The van der Waals surface area contributed by atoms with E-state index in [1.54, 1.807) is 31.2 Å². The first-order valence-corrected chi connectivity index (χ1v) is 10.6. The van der Waals surface area contributed by atoms with E-state index in [0.717, 1.165) is 27.7 Å². The Morgan fingerprint density at radius 1 is 1.07 bits per heavy atom. The number of esters is 1. The molecule has 0 radical (unpaired) electrons. The minimum absolute atomic E-state index is 0.253. The largest absolute Gasteiger partial charge is 0.465 e. The van der Waals surface area contributed by atoms with Gasteiger partial charge in [-0.1, -0.05) is 18.2 Å². The Labute approximate surface area is 159 Å². The van der Waals surface area contributed by atoms with Crippen molar-refractivity contribution in [3.8, 4) is 11.3 Å². The number of hydrogen-bond donors (Lipinski definition) is 1. The zero-order valence-electron chi connectivity index (χ0n) is 15.9. The topological polar surface area (TPSA) is 76.2 Å².